The first kappa shape index (κ1) is 13.2. The molecule has 0 aliphatic carbocycles. The molecule has 0 aromatic carbocycles. The van der Waals surface area contributed by atoms with Crippen LogP contribution in [0.15, 0.2) is 17.2 Å². The van der Waals surface area contributed by atoms with Gasteiger partial charge in [0, 0.05) is 27.3 Å². The maximum atomic E-state index is 11.7. The van der Waals surface area contributed by atoms with Crippen LogP contribution in [0.3, 0.4) is 0 Å². The fourth-order valence-electron chi connectivity index (χ4n) is 1.04. The highest BCUT2D eigenvalue weighted by molar-refractivity contribution is 7.89. The molecule has 2 N–H and O–H groups in total. The van der Waals surface area contributed by atoms with Gasteiger partial charge >= 0.3 is 0 Å². The average molecular weight is 265 g/mol. The lowest BCUT2D eigenvalue weighted by Crippen LogP contribution is -2.36. The molecule has 0 spiro atoms. The monoisotopic (exact) mass is 264 g/mol. The number of hydrogen-bond donors (Lipinski definition) is 2. The molecule has 16 heavy (non-hydrogen) atoms. The molecule has 0 aliphatic heterocycles. The van der Waals surface area contributed by atoms with Gasteiger partial charge in [0.05, 0.1) is 5.02 Å². The zero-order chi connectivity index (χ0) is 12.3. The quantitative estimate of drug-likeness (QED) is 0.776. The van der Waals surface area contributed by atoms with Crippen LogP contribution in [0, 0.1) is 0 Å². The third-order valence-electron chi connectivity index (χ3n) is 1.67. The molecule has 1 aromatic rings. The molecule has 6 nitrogen and oxygen atoms in total. The largest absolute Gasteiger partial charge is 0.372 e. The summed E-state index contributed by atoms with van der Waals surface area (Å²) in [6, 6.07) is 1.34. The van der Waals surface area contributed by atoms with Crippen LogP contribution in [0.2, 0.25) is 5.02 Å². The number of anilines is 1. The van der Waals surface area contributed by atoms with E-state index in [1.54, 1.807) is 21.1 Å². The SMILES string of the molecule is CNc1ncc(S(=O)(=O)NN(C)C)cc1Cl. The van der Waals surface area contributed by atoms with Gasteiger partial charge in [-0.25, -0.2) is 18.4 Å². The zero-order valence-corrected chi connectivity index (χ0v) is 10.7. The molecule has 0 bridgehead atoms. The molecule has 90 valence electrons. The first-order valence-corrected chi connectivity index (χ1v) is 6.26. The Morgan fingerprint density at radius 3 is 2.50 bits per heavy atom. The Morgan fingerprint density at radius 2 is 2.06 bits per heavy atom. The second-order valence-corrected chi connectivity index (χ2v) is 5.31. The van der Waals surface area contributed by atoms with E-state index in [1.807, 2.05) is 0 Å². The van der Waals surface area contributed by atoms with E-state index in [4.69, 9.17) is 11.6 Å². The average Bonchev–Trinajstić information content (AvgIpc) is 2.15. The predicted molar refractivity (Wildman–Crippen MR) is 62.8 cm³/mol. The molecule has 1 aromatic heterocycles. The third kappa shape index (κ3) is 3.05. The summed E-state index contributed by atoms with van der Waals surface area (Å²) in [5, 5.41) is 4.33. The standard InChI is InChI=1S/C8H13ClN4O2S/c1-10-8-7(9)4-6(5-11-8)16(14,15)12-13(2)3/h4-5,12H,1-3H3,(H,10,11). The number of nitrogens with one attached hydrogen (secondary N) is 2. The molecule has 0 saturated heterocycles. The molecule has 0 atom stereocenters. The molecule has 0 unspecified atom stereocenters. The van der Waals surface area contributed by atoms with Gasteiger partial charge < -0.3 is 5.32 Å². The van der Waals surface area contributed by atoms with Gasteiger partial charge in [-0.05, 0) is 6.07 Å². The molecular formula is C8H13ClN4O2S. The van der Waals surface area contributed by atoms with Crippen LogP contribution in [0.1, 0.15) is 0 Å². The number of hydrazine groups is 1. The Labute approximate surface area is 99.6 Å². The van der Waals surface area contributed by atoms with E-state index in [9.17, 15) is 8.42 Å². The number of sulfonamides is 1. The Morgan fingerprint density at radius 1 is 1.44 bits per heavy atom. The minimum Gasteiger partial charge on any atom is -0.372 e. The molecule has 0 radical (unpaired) electrons. The van der Waals surface area contributed by atoms with Crippen LogP contribution in [0.4, 0.5) is 5.82 Å². The van der Waals surface area contributed by atoms with E-state index in [0.29, 0.717) is 5.82 Å². The normalized spacial score (nSPS) is 11.8. The van der Waals surface area contributed by atoms with Gasteiger partial charge in [0.25, 0.3) is 10.0 Å². The lowest BCUT2D eigenvalue weighted by molar-refractivity contribution is 0.364. The van der Waals surface area contributed by atoms with Gasteiger partial charge in [-0.2, -0.15) is 0 Å². The topological polar surface area (TPSA) is 74.3 Å². The van der Waals surface area contributed by atoms with Crippen molar-refractivity contribution in [1.29, 1.82) is 0 Å². The van der Waals surface area contributed by atoms with Crippen LogP contribution in [-0.2, 0) is 10.0 Å². The van der Waals surface area contributed by atoms with E-state index >= 15 is 0 Å². The smallest absolute Gasteiger partial charge is 0.255 e. The maximum absolute atomic E-state index is 11.7. The van der Waals surface area contributed by atoms with Gasteiger partial charge in [0.15, 0.2) is 0 Å². The summed E-state index contributed by atoms with van der Waals surface area (Å²) < 4.78 is 23.4. The number of halogens is 1. The Kier molecular flexibility index (Phi) is 4.09. The summed E-state index contributed by atoms with van der Waals surface area (Å²) >= 11 is 5.84. The Hall–Kier alpha value is -0.890. The van der Waals surface area contributed by atoms with Crippen molar-refractivity contribution in [3.8, 4) is 0 Å². The summed E-state index contributed by atoms with van der Waals surface area (Å²) in [6.45, 7) is 0. The number of nitrogens with zero attached hydrogens (tertiary/aromatic N) is 2. The van der Waals surface area contributed by atoms with Gasteiger partial charge in [-0.3, -0.25) is 0 Å². The van der Waals surface area contributed by atoms with Crippen LogP contribution in [0.5, 0.6) is 0 Å². The number of hydrogen-bond acceptors (Lipinski definition) is 5. The van der Waals surface area contributed by atoms with Crippen LogP contribution < -0.4 is 10.1 Å². The van der Waals surface area contributed by atoms with E-state index in [0.717, 1.165) is 0 Å². The second kappa shape index (κ2) is 4.96. The first-order chi connectivity index (χ1) is 7.36. The predicted octanol–water partition coefficient (Wildman–Crippen LogP) is 0.532. The van der Waals surface area contributed by atoms with Crippen molar-refractivity contribution >= 4 is 27.4 Å². The molecular weight excluding hydrogens is 252 g/mol. The van der Waals surface area contributed by atoms with Gasteiger partial charge in [-0.1, -0.05) is 11.6 Å². The van der Waals surface area contributed by atoms with E-state index in [1.165, 1.54) is 17.3 Å². The summed E-state index contributed by atoms with van der Waals surface area (Å²) in [5.74, 6) is 0.436. The summed E-state index contributed by atoms with van der Waals surface area (Å²) in [6.07, 6.45) is 1.24. The first-order valence-electron chi connectivity index (χ1n) is 4.40. The highest BCUT2D eigenvalue weighted by Gasteiger charge is 2.16. The number of aromatic nitrogens is 1. The lowest BCUT2D eigenvalue weighted by atomic mass is 10.4. The van der Waals surface area contributed by atoms with E-state index in [-0.39, 0.29) is 9.92 Å². The fraction of sp³-hybridized carbons (Fsp3) is 0.375. The number of pyridine rings is 1. The molecule has 0 aliphatic rings. The zero-order valence-electron chi connectivity index (χ0n) is 9.15. The lowest BCUT2D eigenvalue weighted by Gasteiger charge is -2.12. The van der Waals surface area contributed by atoms with Crippen molar-refractivity contribution in [2.45, 2.75) is 4.90 Å². The molecule has 8 heteroatoms. The minimum absolute atomic E-state index is 0.0187. The molecule has 0 amide bonds. The van der Waals surface area contributed by atoms with Crippen molar-refractivity contribution in [2.75, 3.05) is 26.5 Å². The van der Waals surface area contributed by atoms with Gasteiger partial charge in [-0.15, -0.1) is 4.83 Å². The summed E-state index contributed by atoms with van der Waals surface area (Å²) in [4.78, 5) is 6.19. The fourth-order valence-corrected chi connectivity index (χ4v) is 2.42. The van der Waals surface area contributed by atoms with E-state index < -0.39 is 10.0 Å². The highest BCUT2D eigenvalue weighted by atomic mass is 35.5. The third-order valence-corrected chi connectivity index (χ3v) is 3.40. The van der Waals surface area contributed by atoms with Crippen LogP contribution >= 0.6 is 11.6 Å². The highest BCUT2D eigenvalue weighted by Crippen LogP contribution is 2.21. The maximum Gasteiger partial charge on any atom is 0.255 e. The molecule has 1 rings (SSSR count). The minimum atomic E-state index is -3.61. The van der Waals surface area contributed by atoms with Gasteiger partial charge in [0.1, 0.15) is 10.7 Å². The molecule has 1 heterocycles. The van der Waals surface area contributed by atoms with Crippen molar-refractivity contribution < 1.29 is 8.42 Å². The number of rotatable bonds is 4. The van der Waals surface area contributed by atoms with Crippen molar-refractivity contribution in [3.63, 3.8) is 0 Å². The molecule has 0 fully saturated rings. The van der Waals surface area contributed by atoms with Crippen molar-refractivity contribution in [2.24, 2.45) is 0 Å². The second-order valence-electron chi connectivity index (χ2n) is 3.24. The summed E-state index contributed by atoms with van der Waals surface area (Å²) in [7, 11) is 1.20. The van der Waals surface area contributed by atoms with Crippen LogP contribution in [0.25, 0.3) is 0 Å². The molecule has 0 saturated carbocycles. The summed E-state index contributed by atoms with van der Waals surface area (Å²) in [5.41, 5.74) is 0. The van der Waals surface area contributed by atoms with Crippen molar-refractivity contribution in [1.82, 2.24) is 14.8 Å². The van der Waals surface area contributed by atoms with Crippen molar-refractivity contribution in [3.05, 3.63) is 17.3 Å². The van der Waals surface area contributed by atoms with Crippen LogP contribution in [-0.4, -0.2) is 39.6 Å². The Bertz CT molecular complexity index is 475. The van der Waals surface area contributed by atoms with Gasteiger partial charge in [0.2, 0.25) is 0 Å². The Balaban J connectivity index is 3.10. The van der Waals surface area contributed by atoms with E-state index in [2.05, 4.69) is 15.1 Å².